The molecule has 5 rings (SSSR count). The molecule has 0 radical (unpaired) electrons. The van der Waals surface area contributed by atoms with Gasteiger partial charge in [-0.15, -0.1) is 11.3 Å². The van der Waals surface area contributed by atoms with E-state index in [9.17, 15) is 9.59 Å². The first-order chi connectivity index (χ1) is 15.1. The molecule has 2 saturated heterocycles. The molecule has 2 aromatic rings. The lowest BCUT2D eigenvalue weighted by atomic mass is 9.67. The van der Waals surface area contributed by atoms with Crippen molar-refractivity contribution in [2.24, 2.45) is 5.41 Å². The van der Waals surface area contributed by atoms with Crippen molar-refractivity contribution >= 4 is 23.2 Å². The molecule has 1 aromatic carbocycles. The summed E-state index contributed by atoms with van der Waals surface area (Å²) in [6.45, 7) is 3.46. The fraction of sp³-hybridized carbons (Fsp3) is 0.542. The van der Waals surface area contributed by atoms with Crippen molar-refractivity contribution in [3.05, 3.63) is 46.4 Å². The van der Waals surface area contributed by atoms with Crippen LogP contribution in [0.15, 0.2) is 35.8 Å². The Morgan fingerprint density at radius 1 is 1.19 bits per heavy atom. The number of aromatic nitrogens is 1. The van der Waals surface area contributed by atoms with E-state index in [0.717, 1.165) is 44.2 Å². The molecule has 0 N–H and O–H groups in total. The Morgan fingerprint density at radius 3 is 2.55 bits per heavy atom. The number of aryl methyl sites for hydroxylation is 1. The van der Waals surface area contributed by atoms with Crippen molar-refractivity contribution < 1.29 is 14.3 Å². The van der Waals surface area contributed by atoms with Crippen LogP contribution in [-0.4, -0.2) is 52.3 Å². The quantitative estimate of drug-likeness (QED) is 0.662. The predicted octanol–water partition coefficient (Wildman–Crippen LogP) is 3.97. The zero-order valence-corrected chi connectivity index (χ0v) is 18.8. The molecule has 164 valence electrons. The number of hydrogen-bond acceptors (Lipinski definition) is 5. The highest BCUT2D eigenvalue weighted by Crippen LogP contribution is 2.61. The van der Waals surface area contributed by atoms with E-state index in [1.807, 2.05) is 40.7 Å². The van der Waals surface area contributed by atoms with Gasteiger partial charge in [0.2, 0.25) is 5.91 Å². The fourth-order valence-corrected chi connectivity index (χ4v) is 6.67. The first-order valence-electron chi connectivity index (χ1n) is 11.3. The van der Waals surface area contributed by atoms with Crippen molar-refractivity contribution in [1.29, 1.82) is 0 Å². The molecule has 1 aromatic heterocycles. The topological polar surface area (TPSA) is 62.7 Å². The molecule has 3 heterocycles. The summed E-state index contributed by atoms with van der Waals surface area (Å²) in [5.41, 5.74) is 2.76. The second-order valence-electron chi connectivity index (χ2n) is 8.99. The Labute approximate surface area is 187 Å². The minimum absolute atomic E-state index is 0.0133. The third kappa shape index (κ3) is 3.53. The van der Waals surface area contributed by atoms with Gasteiger partial charge in [-0.2, -0.15) is 0 Å². The summed E-state index contributed by atoms with van der Waals surface area (Å²) in [7, 11) is 0. The number of likely N-dealkylation sites (tertiary alicyclic amines) is 2. The smallest absolute Gasteiger partial charge is 0.260 e. The number of hydrogen-bond donors (Lipinski definition) is 0. The summed E-state index contributed by atoms with van der Waals surface area (Å²) < 4.78 is 5.63. The normalized spacial score (nSPS) is 23.3. The maximum atomic E-state index is 13.4. The number of para-hydroxylation sites is 1. The van der Waals surface area contributed by atoms with Gasteiger partial charge < -0.3 is 14.5 Å². The number of amides is 2. The Bertz CT molecular complexity index is 946. The summed E-state index contributed by atoms with van der Waals surface area (Å²) in [4.78, 5) is 35.8. The largest absolute Gasteiger partial charge is 0.484 e. The van der Waals surface area contributed by atoms with E-state index in [-0.39, 0.29) is 30.0 Å². The first-order valence-corrected chi connectivity index (χ1v) is 12.2. The van der Waals surface area contributed by atoms with Gasteiger partial charge in [0.25, 0.3) is 5.91 Å². The molecule has 1 unspecified atom stereocenters. The molecule has 1 aliphatic carbocycles. The lowest BCUT2D eigenvalue weighted by molar-refractivity contribution is -0.180. The van der Waals surface area contributed by atoms with Crippen molar-refractivity contribution in [3.8, 4) is 5.75 Å². The standard InChI is InChI=1S/C24H29N3O3S/c1-17-21(31-16-25-17)22-24(11-5-6-12-24)23(29)27(22)18-9-13-26(14-10-18)20(28)15-30-19-7-3-2-4-8-19/h2-4,7-8,16,18,22H,5-6,9-15H2,1H3. The molecule has 1 atom stereocenters. The van der Waals surface area contributed by atoms with Gasteiger partial charge in [0.15, 0.2) is 6.61 Å². The molecule has 3 aliphatic rings. The molecule has 2 aliphatic heterocycles. The Kier molecular flexibility index (Phi) is 5.46. The number of carbonyl (C=O) groups excluding carboxylic acids is 2. The molecule has 2 amide bonds. The van der Waals surface area contributed by atoms with Crippen LogP contribution in [0.3, 0.4) is 0 Å². The molecule has 31 heavy (non-hydrogen) atoms. The van der Waals surface area contributed by atoms with Crippen molar-refractivity contribution in [3.63, 3.8) is 0 Å². The molecule has 0 bridgehead atoms. The number of carbonyl (C=O) groups is 2. The van der Waals surface area contributed by atoms with Crippen molar-refractivity contribution in [2.45, 2.75) is 57.5 Å². The van der Waals surface area contributed by atoms with Crippen LogP contribution in [0, 0.1) is 12.3 Å². The summed E-state index contributed by atoms with van der Waals surface area (Å²) >= 11 is 1.69. The number of ether oxygens (including phenoxy) is 1. The van der Waals surface area contributed by atoms with Gasteiger partial charge in [-0.05, 0) is 44.7 Å². The Hall–Kier alpha value is -2.41. The molecular weight excluding hydrogens is 410 g/mol. The predicted molar refractivity (Wildman–Crippen MR) is 119 cm³/mol. The number of rotatable bonds is 5. The molecule has 7 heteroatoms. The Balaban J connectivity index is 1.23. The van der Waals surface area contributed by atoms with Crippen LogP contribution in [0.25, 0.3) is 0 Å². The second-order valence-corrected chi connectivity index (χ2v) is 9.88. The summed E-state index contributed by atoms with van der Waals surface area (Å²) in [6.07, 6.45) is 5.93. The van der Waals surface area contributed by atoms with Gasteiger partial charge in [0.1, 0.15) is 5.75 Å². The highest BCUT2D eigenvalue weighted by Gasteiger charge is 2.64. The highest BCUT2D eigenvalue weighted by atomic mass is 32.1. The molecule has 1 saturated carbocycles. The summed E-state index contributed by atoms with van der Waals surface area (Å²) in [5, 5.41) is 0. The zero-order valence-electron chi connectivity index (χ0n) is 18.0. The lowest BCUT2D eigenvalue weighted by Gasteiger charge is -2.58. The van der Waals surface area contributed by atoms with Crippen molar-refractivity contribution in [1.82, 2.24) is 14.8 Å². The lowest BCUT2D eigenvalue weighted by Crippen LogP contribution is -2.66. The van der Waals surface area contributed by atoms with Crippen LogP contribution in [0.2, 0.25) is 0 Å². The molecule has 6 nitrogen and oxygen atoms in total. The van der Waals surface area contributed by atoms with E-state index in [1.54, 1.807) is 11.3 Å². The third-order valence-electron chi connectivity index (χ3n) is 7.30. The summed E-state index contributed by atoms with van der Waals surface area (Å²) in [6, 6.07) is 9.80. The van der Waals surface area contributed by atoms with Crippen LogP contribution in [0.4, 0.5) is 0 Å². The first kappa shape index (κ1) is 20.5. The highest BCUT2D eigenvalue weighted by molar-refractivity contribution is 7.09. The SMILES string of the molecule is Cc1ncsc1C1N(C2CCN(C(=O)COc3ccccc3)CC2)C(=O)C12CCCC2. The van der Waals surface area contributed by atoms with Crippen LogP contribution >= 0.6 is 11.3 Å². The number of thiazole rings is 1. The van der Waals surface area contributed by atoms with E-state index in [0.29, 0.717) is 24.7 Å². The van der Waals surface area contributed by atoms with Gasteiger partial charge in [-0.25, -0.2) is 4.98 Å². The van der Waals surface area contributed by atoms with Gasteiger partial charge in [-0.3, -0.25) is 9.59 Å². The summed E-state index contributed by atoms with van der Waals surface area (Å²) in [5.74, 6) is 1.06. The molecule has 1 spiro atoms. The Morgan fingerprint density at radius 2 is 1.90 bits per heavy atom. The van der Waals surface area contributed by atoms with Crippen LogP contribution in [0.5, 0.6) is 5.75 Å². The fourth-order valence-electron chi connectivity index (χ4n) is 5.66. The minimum atomic E-state index is -0.201. The third-order valence-corrected chi connectivity index (χ3v) is 8.29. The van der Waals surface area contributed by atoms with Gasteiger partial charge >= 0.3 is 0 Å². The van der Waals surface area contributed by atoms with Crippen molar-refractivity contribution in [2.75, 3.05) is 19.7 Å². The number of nitrogens with zero attached hydrogens (tertiary/aromatic N) is 3. The minimum Gasteiger partial charge on any atom is -0.484 e. The van der Waals surface area contributed by atoms with Crippen LogP contribution in [0.1, 0.15) is 55.1 Å². The number of piperidine rings is 1. The monoisotopic (exact) mass is 439 g/mol. The number of β-lactam (4-membered cyclic amide) rings is 1. The van der Waals surface area contributed by atoms with E-state index < -0.39 is 0 Å². The van der Waals surface area contributed by atoms with Gasteiger partial charge in [-0.1, -0.05) is 31.0 Å². The zero-order chi connectivity index (χ0) is 21.4. The maximum absolute atomic E-state index is 13.4. The van der Waals surface area contributed by atoms with E-state index in [4.69, 9.17) is 4.74 Å². The van der Waals surface area contributed by atoms with Crippen LogP contribution < -0.4 is 4.74 Å². The van der Waals surface area contributed by atoms with E-state index in [1.165, 1.54) is 4.88 Å². The average Bonchev–Trinajstić information content (AvgIpc) is 3.47. The average molecular weight is 440 g/mol. The number of benzene rings is 1. The molecular formula is C24H29N3O3S. The second kappa shape index (κ2) is 8.26. The van der Waals surface area contributed by atoms with Gasteiger partial charge in [0, 0.05) is 19.1 Å². The van der Waals surface area contributed by atoms with E-state index in [2.05, 4.69) is 16.8 Å². The molecule has 3 fully saturated rings. The van der Waals surface area contributed by atoms with Crippen LogP contribution in [-0.2, 0) is 9.59 Å². The van der Waals surface area contributed by atoms with Gasteiger partial charge in [0.05, 0.1) is 27.5 Å². The van der Waals surface area contributed by atoms with E-state index >= 15 is 0 Å². The maximum Gasteiger partial charge on any atom is 0.260 e.